The zero-order valence-electron chi connectivity index (χ0n) is 8.54. The van der Waals surface area contributed by atoms with Gasteiger partial charge in [0.1, 0.15) is 5.82 Å². The van der Waals surface area contributed by atoms with Gasteiger partial charge in [0, 0.05) is 16.3 Å². The largest absolute Gasteiger partial charge is 0.293 e. The lowest BCUT2D eigenvalue weighted by atomic mass is 10.1. The Morgan fingerprint density at radius 1 is 1.35 bits per heavy atom. The highest BCUT2D eigenvalue weighted by Gasteiger charge is 2.13. The molecule has 0 fully saturated rings. The molecule has 0 saturated heterocycles. The molecule has 1 heterocycles. The predicted molar refractivity (Wildman–Crippen MR) is 74.2 cm³/mol. The van der Waals surface area contributed by atoms with Gasteiger partial charge < -0.3 is 0 Å². The van der Waals surface area contributed by atoms with Gasteiger partial charge in [0.25, 0.3) is 0 Å². The summed E-state index contributed by atoms with van der Waals surface area (Å²) in [6.45, 7) is 0. The fraction of sp³-hybridized carbons (Fsp3) is 0.0833. The molecule has 1 aromatic carbocycles. The van der Waals surface area contributed by atoms with E-state index in [4.69, 9.17) is 0 Å². The number of carbonyl (C=O) groups is 1. The topological polar surface area (TPSA) is 17.1 Å². The van der Waals surface area contributed by atoms with Crippen LogP contribution >= 0.6 is 43.2 Å². The summed E-state index contributed by atoms with van der Waals surface area (Å²) >= 11 is 7.84. The van der Waals surface area contributed by atoms with Gasteiger partial charge in [-0.2, -0.15) is 0 Å². The van der Waals surface area contributed by atoms with Crippen LogP contribution in [-0.4, -0.2) is 5.78 Å². The second-order valence-electron chi connectivity index (χ2n) is 3.44. The van der Waals surface area contributed by atoms with E-state index in [1.165, 1.54) is 17.4 Å². The molecular weight excluding hydrogens is 371 g/mol. The van der Waals surface area contributed by atoms with Crippen molar-refractivity contribution in [1.82, 2.24) is 0 Å². The fourth-order valence-electron chi connectivity index (χ4n) is 1.40. The van der Waals surface area contributed by atoms with Gasteiger partial charge in [0.15, 0.2) is 5.78 Å². The van der Waals surface area contributed by atoms with Gasteiger partial charge in [0.05, 0.1) is 9.35 Å². The number of hydrogen-bond acceptors (Lipinski definition) is 2. The summed E-state index contributed by atoms with van der Waals surface area (Å²) in [6.07, 6.45) is 0.200. The first-order valence-electron chi connectivity index (χ1n) is 4.78. The summed E-state index contributed by atoms with van der Waals surface area (Å²) in [6, 6.07) is 6.49. The number of Topliss-reactive ketones (excluding diaryl/α,β-unsaturated/α-hetero) is 1. The number of benzene rings is 1. The molecule has 0 unspecified atom stereocenters. The molecule has 0 aliphatic rings. The Labute approximate surface area is 119 Å². The highest BCUT2D eigenvalue weighted by molar-refractivity contribution is 9.10. The number of hydrogen-bond donors (Lipinski definition) is 0. The van der Waals surface area contributed by atoms with E-state index in [2.05, 4.69) is 31.9 Å². The van der Waals surface area contributed by atoms with E-state index in [1.807, 2.05) is 5.38 Å². The van der Waals surface area contributed by atoms with Crippen molar-refractivity contribution in [1.29, 1.82) is 0 Å². The number of carbonyl (C=O) groups excluding carboxylic acids is 1. The average molecular weight is 378 g/mol. The first kappa shape index (κ1) is 12.9. The van der Waals surface area contributed by atoms with E-state index in [1.54, 1.807) is 18.2 Å². The van der Waals surface area contributed by atoms with Crippen LogP contribution in [0.2, 0.25) is 0 Å². The highest BCUT2D eigenvalue weighted by atomic mass is 79.9. The van der Waals surface area contributed by atoms with E-state index in [9.17, 15) is 9.18 Å². The van der Waals surface area contributed by atoms with Gasteiger partial charge in [-0.15, -0.1) is 11.3 Å². The third-order valence-electron chi connectivity index (χ3n) is 2.22. The number of thiophene rings is 1. The Morgan fingerprint density at radius 2 is 2.12 bits per heavy atom. The predicted octanol–water partition coefficient (Wildman–Crippen LogP) is 4.84. The van der Waals surface area contributed by atoms with Gasteiger partial charge in [-0.05, 0) is 49.6 Å². The second kappa shape index (κ2) is 5.42. The van der Waals surface area contributed by atoms with E-state index < -0.39 is 0 Å². The maximum atomic E-state index is 13.3. The summed E-state index contributed by atoms with van der Waals surface area (Å²) in [5.41, 5.74) is 0.666. The molecule has 1 nitrogen and oxygen atoms in total. The Bertz CT molecular complexity index is 565. The quantitative estimate of drug-likeness (QED) is 0.699. The van der Waals surface area contributed by atoms with Crippen LogP contribution in [0, 0.1) is 5.82 Å². The van der Waals surface area contributed by atoms with E-state index in [0.717, 1.165) is 4.47 Å². The van der Waals surface area contributed by atoms with Gasteiger partial charge in [-0.3, -0.25) is 4.79 Å². The first-order valence-corrected chi connectivity index (χ1v) is 7.24. The molecule has 2 aromatic rings. The zero-order chi connectivity index (χ0) is 12.4. The van der Waals surface area contributed by atoms with Crippen molar-refractivity contribution in [3.63, 3.8) is 0 Å². The lowest BCUT2D eigenvalue weighted by Crippen LogP contribution is -2.02. The zero-order valence-corrected chi connectivity index (χ0v) is 12.5. The lowest BCUT2D eigenvalue weighted by molar-refractivity contribution is 0.0996. The Kier molecular flexibility index (Phi) is 4.12. The summed E-state index contributed by atoms with van der Waals surface area (Å²) in [4.78, 5) is 12.6. The number of halogens is 3. The van der Waals surface area contributed by atoms with Crippen LogP contribution in [0.1, 0.15) is 15.2 Å². The van der Waals surface area contributed by atoms with E-state index in [0.29, 0.717) is 14.9 Å². The molecule has 5 heteroatoms. The fourth-order valence-corrected chi connectivity index (χ4v) is 3.18. The van der Waals surface area contributed by atoms with Crippen molar-refractivity contribution in [2.45, 2.75) is 6.42 Å². The summed E-state index contributed by atoms with van der Waals surface area (Å²) in [5.74, 6) is -0.352. The molecule has 0 N–H and O–H groups in total. The Balaban J connectivity index is 2.21. The molecule has 2 rings (SSSR count). The van der Waals surface area contributed by atoms with Crippen LogP contribution in [0.15, 0.2) is 38.6 Å². The third kappa shape index (κ3) is 3.03. The summed E-state index contributed by atoms with van der Waals surface area (Å²) in [5, 5.41) is 1.86. The highest BCUT2D eigenvalue weighted by Crippen LogP contribution is 2.25. The van der Waals surface area contributed by atoms with Crippen LogP contribution in [0.3, 0.4) is 0 Å². The molecular formula is C12H7Br2FOS. The van der Waals surface area contributed by atoms with Gasteiger partial charge >= 0.3 is 0 Å². The minimum atomic E-state index is -0.345. The minimum absolute atomic E-state index is 0.00741. The van der Waals surface area contributed by atoms with Crippen molar-refractivity contribution in [2.24, 2.45) is 0 Å². The van der Waals surface area contributed by atoms with Crippen LogP contribution in [0.25, 0.3) is 0 Å². The number of rotatable bonds is 3. The Morgan fingerprint density at radius 3 is 2.76 bits per heavy atom. The van der Waals surface area contributed by atoms with E-state index >= 15 is 0 Å². The van der Waals surface area contributed by atoms with Crippen molar-refractivity contribution in [3.05, 3.63) is 54.8 Å². The molecule has 0 aliphatic carbocycles. The van der Waals surface area contributed by atoms with Gasteiger partial charge in [-0.25, -0.2) is 4.39 Å². The SMILES string of the molecule is O=C(Cc1cccc(F)c1Br)c1cc(Br)cs1. The van der Waals surface area contributed by atoms with Crippen molar-refractivity contribution in [3.8, 4) is 0 Å². The number of ketones is 1. The Hall–Kier alpha value is -0.520. The molecule has 0 spiro atoms. The maximum Gasteiger partial charge on any atom is 0.177 e. The van der Waals surface area contributed by atoms with Crippen molar-refractivity contribution in [2.75, 3.05) is 0 Å². The van der Waals surface area contributed by atoms with Crippen molar-refractivity contribution >= 4 is 49.0 Å². The normalized spacial score (nSPS) is 10.5. The van der Waals surface area contributed by atoms with Crippen molar-refractivity contribution < 1.29 is 9.18 Å². The van der Waals surface area contributed by atoms with Crippen LogP contribution < -0.4 is 0 Å². The smallest absolute Gasteiger partial charge is 0.177 e. The third-order valence-corrected chi connectivity index (χ3v) is 4.85. The summed E-state index contributed by atoms with van der Waals surface area (Å²) in [7, 11) is 0. The maximum absolute atomic E-state index is 13.3. The molecule has 17 heavy (non-hydrogen) atoms. The summed E-state index contributed by atoms with van der Waals surface area (Å²) < 4.78 is 14.5. The molecule has 0 atom stereocenters. The van der Waals surface area contributed by atoms with E-state index in [-0.39, 0.29) is 18.0 Å². The average Bonchev–Trinajstić information content (AvgIpc) is 2.72. The monoisotopic (exact) mass is 376 g/mol. The van der Waals surface area contributed by atoms with Gasteiger partial charge in [-0.1, -0.05) is 12.1 Å². The van der Waals surface area contributed by atoms with Gasteiger partial charge in [0.2, 0.25) is 0 Å². The van der Waals surface area contributed by atoms with Crippen LogP contribution in [0.4, 0.5) is 4.39 Å². The second-order valence-corrected chi connectivity index (χ2v) is 6.06. The molecule has 0 bridgehead atoms. The van der Waals surface area contributed by atoms with Crippen LogP contribution in [0.5, 0.6) is 0 Å². The standard InChI is InChI=1S/C12H7Br2FOS/c13-8-5-11(17-6-8)10(16)4-7-2-1-3-9(15)12(7)14/h1-3,5-6H,4H2. The first-order chi connectivity index (χ1) is 8.08. The molecule has 0 amide bonds. The molecule has 1 aromatic heterocycles. The molecule has 0 radical (unpaired) electrons. The molecule has 0 aliphatic heterocycles. The lowest BCUT2D eigenvalue weighted by Gasteiger charge is -2.03. The minimum Gasteiger partial charge on any atom is -0.293 e. The van der Waals surface area contributed by atoms with Crippen LogP contribution in [-0.2, 0) is 6.42 Å². The molecule has 88 valence electrons. The molecule has 0 saturated carbocycles.